The molecule has 110 valence electrons. The Morgan fingerprint density at radius 2 is 1.80 bits per heavy atom. The molecule has 2 aliphatic rings. The van der Waals surface area contributed by atoms with Crippen LogP contribution in [-0.4, -0.2) is 26.3 Å². The number of hydrogen-bond donors (Lipinski definition) is 1. The first-order valence-electron chi connectivity index (χ1n) is 8.04. The van der Waals surface area contributed by atoms with Gasteiger partial charge in [0, 0.05) is 19.6 Å². The number of hydrogen-bond acceptors (Lipinski definition) is 2. The highest BCUT2D eigenvalue weighted by Crippen LogP contribution is 2.51. The van der Waals surface area contributed by atoms with E-state index in [9.17, 15) is 0 Å². The Morgan fingerprint density at radius 1 is 1.10 bits per heavy atom. The van der Waals surface area contributed by atoms with Crippen molar-refractivity contribution < 1.29 is 4.74 Å². The lowest BCUT2D eigenvalue weighted by atomic mass is 9.60. The van der Waals surface area contributed by atoms with Crippen LogP contribution in [-0.2, 0) is 4.74 Å². The molecule has 1 aromatic carbocycles. The molecule has 0 radical (unpaired) electrons. The standard InChI is InChI=1S/C18H27NO/c1-14-3-5-15(6-4-14)17-13-19-12-11-18(17)9-7-16(20-2)8-10-18/h3-6,16-17,19H,7-13H2,1-2H3. The molecule has 1 aliphatic heterocycles. The van der Waals surface area contributed by atoms with Crippen molar-refractivity contribution in [2.45, 2.75) is 51.0 Å². The van der Waals surface area contributed by atoms with Crippen LogP contribution in [0.2, 0.25) is 0 Å². The predicted molar refractivity (Wildman–Crippen MR) is 83.1 cm³/mol. The van der Waals surface area contributed by atoms with Gasteiger partial charge in [-0.25, -0.2) is 0 Å². The van der Waals surface area contributed by atoms with Crippen molar-refractivity contribution >= 4 is 0 Å². The van der Waals surface area contributed by atoms with Gasteiger partial charge in [0.1, 0.15) is 0 Å². The van der Waals surface area contributed by atoms with Crippen molar-refractivity contribution in [1.82, 2.24) is 5.32 Å². The summed E-state index contributed by atoms with van der Waals surface area (Å²) in [7, 11) is 1.86. The van der Waals surface area contributed by atoms with Crippen molar-refractivity contribution in [3.05, 3.63) is 35.4 Å². The Balaban J connectivity index is 1.82. The highest BCUT2D eigenvalue weighted by Gasteiger charge is 2.43. The van der Waals surface area contributed by atoms with E-state index >= 15 is 0 Å². The van der Waals surface area contributed by atoms with Crippen molar-refractivity contribution in [1.29, 1.82) is 0 Å². The van der Waals surface area contributed by atoms with Gasteiger partial charge >= 0.3 is 0 Å². The Labute approximate surface area is 122 Å². The van der Waals surface area contributed by atoms with Crippen LogP contribution in [0.15, 0.2) is 24.3 Å². The van der Waals surface area contributed by atoms with E-state index in [-0.39, 0.29) is 0 Å². The van der Waals surface area contributed by atoms with Crippen LogP contribution in [0.5, 0.6) is 0 Å². The third kappa shape index (κ3) is 2.64. The first-order chi connectivity index (χ1) is 9.73. The summed E-state index contributed by atoms with van der Waals surface area (Å²) in [5.41, 5.74) is 3.39. The minimum absolute atomic E-state index is 0.495. The number of piperidine rings is 1. The van der Waals surface area contributed by atoms with E-state index in [0.29, 0.717) is 17.4 Å². The molecule has 0 aromatic heterocycles. The average molecular weight is 273 g/mol. The molecule has 1 heterocycles. The summed E-state index contributed by atoms with van der Waals surface area (Å²) in [6.07, 6.45) is 6.94. The summed E-state index contributed by atoms with van der Waals surface area (Å²) in [6.45, 7) is 4.49. The lowest BCUT2D eigenvalue weighted by molar-refractivity contribution is 0.00444. The molecule has 1 atom stereocenters. The van der Waals surface area contributed by atoms with Gasteiger partial charge in [0.15, 0.2) is 0 Å². The van der Waals surface area contributed by atoms with E-state index in [4.69, 9.17) is 4.74 Å². The molecule has 1 aliphatic carbocycles. The number of ether oxygens (including phenoxy) is 1. The highest BCUT2D eigenvalue weighted by molar-refractivity contribution is 5.27. The van der Waals surface area contributed by atoms with E-state index in [0.717, 1.165) is 6.54 Å². The molecule has 1 spiro atoms. The second-order valence-electron chi connectivity index (χ2n) is 6.71. The number of aryl methyl sites for hydroxylation is 1. The number of methoxy groups -OCH3 is 1. The number of nitrogens with one attached hydrogen (secondary N) is 1. The molecule has 0 amide bonds. The molecule has 1 saturated carbocycles. The van der Waals surface area contributed by atoms with E-state index in [1.807, 2.05) is 7.11 Å². The van der Waals surface area contributed by atoms with Crippen molar-refractivity contribution in [3.63, 3.8) is 0 Å². The lowest BCUT2D eigenvalue weighted by Crippen LogP contribution is -2.46. The fourth-order valence-electron chi connectivity index (χ4n) is 4.25. The quantitative estimate of drug-likeness (QED) is 0.888. The SMILES string of the molecule is COC1CCC2(CCNCC2c2ccc(C)cc2)CC1. The second kappa shape index (κ2) is 5.87. The van der Waals surface area contributed by atoms with Crippen molar-refractivity contribution in [2.75, 3.05) is 20.2 Å². The van der Waals surface area contributed by atoms with Gasteiger partial charge in [-0.05, 0) is 56.6 Å². The topological polar surface area (TPSA) is 21.3 Å². The molecular weight excluding hydrogens is 246 g/mol. The van der Waals surface area contributed by atoms with Gasteiger partial charge in [0.05, 0.1) is 6.10 Å². The summed E-state index contributed by atoms with van der Waals surface area (Å²) in [4.78, 5) is 0. The molecule has 1 saturated heterocycles. The average Bonchev–Trinajstić information content (AvgIpc) is 2.50. The van der Waals surface area contributed by atoms with E-state index in [2.05, 4.69) is 36.5 Å². The first-order valence-corrected chi connectivity index (χ1v) is 8.04. The lowest BCUT2D eigenvalue weighted by Gasteiger charge is -2.48. The maximum Gasteiger partial charge on any atom is 0.0571 e. The molecule has 1 unspecified atom stereocenters. The third-order valence-electron chi connectivity index (χ3n) is 5.63. The van der Waals surface area contributed by atoms with Gasteiger partial charge in [-0.2, -0.15) is 0 Å². The minimum Gasteiger partial charge on any atom is -0.381 e. The largest absolute Gasteiger partial charge is 0.381 e. The number of benzene rings is 1. The summed E-state index contributed by atoms with van der Waals surface area (Å²) in [5, 5.41) is 3.61. The van der Waals surface area contributed by atoms with Gasteiger partial charge in [-0.3, -0.25) is 0 Å². The van der Waals surface area contributed by atoms with Gasteiger partial charge in [0.25, 0.3) is 0 Å². The fraction of sp³-hybridized carbons (Fsp3) is 0.667. The van der Waals surface area contributed by atoms with Crippen LogP contribution in [0, 0.1) is 12.3 Å². The van der Waals surface area contributed by atoms with Crippen molar-refractivity contribution in [3.8, 4) is 0 Å². The van der Waals surface area contributed by atoms with Crippen molar-refractivity contribution in [2.24, 2.45) is 5.41 Å². The molecule has 20 heavy (non-hydrogen) atoms. The normalized spacial score (nSPS) is 34.3. The summed E-state index contributed by atoms with van der Waals surface area (Å²) >= 11 is 0. The molecular formula is C18H27NO. The Kier molecular flexibility index (Phi) is 4.13. The Bertz CT molecular complexity index is 431. The molecule has 3 rings (SSSR count). The van der Waals surface area contributed by atoms with Crippen LogP contribution in [0.1, 0.15) is 49.1 Å². The minimum atomic E-state index is 0.495. The van der Waals surface area contributed by atoms with Gasteiger partial charge in [-0.1, -0.05) is 29.8 Å². The van der Waals surface area contributed by atoms with Gasteiger partial charge < -0.3 is 10.1 Å². The third-order valence-corrected chi connectivity index (χ3v) is 5.63. The smallest absolute Gasteiger partial charge is 0.0571 e. The number of rotatable bonds is 2. The molecule has 0 bridgehead atoms. The highest BCUT2D eigenvalue weighted by atomic mass is 16.5. The monoisotopic (exact) mass is 273 g/mol. The molecule has 2 fully saturated rings. The van der Waals surface area contributed by atoms with Gasteiger partial charge in [-0.15, -0.1) is 0 Å². The zero-order chi connectivity index (χ0) is 14.0. The fourth-order valence-corrected chi connectivity index (χ4v) is 4.25. The zero-order valence-corrected chi connectivity index (χ0v) is 12.8. The summed E-state index contributed by atoms with van der Waals surface area (Å²) in [6, 6.07) is 9.21. The molecule has 1 aromatic rings. The molecule has 2 heteroatoms. The zero-order valence-electron chi connectivity index (χ0n) is 12.8. The second-order valence-corrected chi connectivity index (χ2v) is 6.71. The Morgan fingerprint density at radius 3 is 2.45 bits per heavy atom. The van der Waals surface area contributed by atoms with Crippen LogP contribution >= 0.6 is 0 Å². The molecule has 1 N–H and O–H groups in total. The summed E-state index contributed by atoms with van der Waals surface area (Å²) in [5.74, 6) is 0.676. The van der Waals surface area contributed by atoms with E-state index < -0.39 is 0 Å². The predicted octanol–water partition coefficient (Wildman–Crippen LogP) is 3.65. The van der Waals surface area contributed by atoms with Crippen LogP contribution < -0.4 is 5.32 Å². The van der Waals surface area contributed by atoms with Crippen LogP contribution in [0.4, 0.5) is 0 Å². The van der Waals surface area contributed by atoms with Gasteiger partial charge in [0.2, 0.25) is 0 Å². The van der Waals surface area contributed by atoms with E-state index in [1.54, 1.807) is 0 Å². The first kappa shape index (κ1) is 14.1. The molecule has 2 nitrogen and oxygen atoms in total. The van der Waals surface area contributed by atoms with Crippen LogP contribution in [0.3, 0.4) is 0 Å². The van der Waals surface area contributed by atoms with E-state index in [1.165, 1.54) is 49.8 Å². The van der Waals surface area contributed by atoms with Crippen LogP contribution in [0.25, 0.3) is 0 Å². The maximum absolute atomic E-state index is 5.57. The maximum atomic E-state index is 5.57. The summed E-state index contributed by atoms with van der Waals surface area (Å²) < 4.78 is 5.57. The Hall–Kier alpha value is -0.860.